The number of benzene rings is 1. The van der Waals surface area contributed by atoms with E-state index in [0.717, 1.165) is 35.9 Å². The van der Waals surface area contributed by atoms with Gasteiger partial charge in [-0.2, -0.15) is 5.10 Å². The molecule has 2 aromatic rings. The highest BCUT2D eigenvalue weighted by atomic mass is 16.5. The molecule has 0 aliphatic carbocycles. The summed E-state index contributed by atoms with van der Waals surface area (Å²) >= 11 is 0. The molecule has 0 bridgehead atoms. The molecule has 0 spiro atoms. The number of ether oxygens (including phenoxy) is 1. The van der Waals surface area contributed by atoms with Crippen LogP contribution in [0.3, 0.4) is 0 Å². The molecule has 2 heterocycles. The van der Waals surface area contributed by atoms with Gasteiger partial charge in [0.1, 0.15) is 11.6 Å². The van der Waals surface area contributed by atoms with E-state index < -0.39 is 0 Å². The number of nitrogens with zero attached hydrogens (tertiary/aromatic N) is 4. The second kappa shape index (κ2) is 8.45. The second-order valence-corrected chi connectivity index (χ2v) is 6.70. The zero-order valence-electron chi connectivity index (χ0n) is 15.2. The third kappa shape index (κ3) is 4.38. The lowest BCUT2D eigenvalue weighted by Gasteiger charge is -2.25. The molecule has 136 valence electrons. The lowest BCUT2D eigenvalue weighted by Crippen LogP contribution is -2.27. The van der Waals surface area contributed by atoms with E-state index in [9.17, 15) is 5.11 Å². The van der Waals surface area contributed by atoms with Gasteiger partial charge in [-0.05, 0) is 44.1 Å². The van der Waals surface area contributed by atoms with Gasteiger partial charge in [-0.1, -0.05) is 25.0 Å². The lowest BCUT2D eigenvalue weighted by molar-refractivity contribution is 0.221. The van der Waals surface area contributed by atoms with Crippen LogP contribution in [0.2, 0.25) is 0 Å². The molecule has 0 radical (unpaired) electrons. The van der Waals surface area contributed by atoms with Crippen molar-refractivity contribution < 1.29 is 9.84 Å². The molecular formula is C19H28N4O2. The van der Waals surface area contributed by atoms with Crippen LogP contribution in [0.1, 0.15) is 48.9 Å². The SMILES string of the molecule is COc1ccc(Cc2nc([C@H]3CCCCCN3C)n(CCO)n2)cc1. The van der Waals surface area contributed by atoms with Crippen LogP contribution in [0.15, 0.2) is 24.3 Å². The van der Waals surface area contributed by atoms with Gasteiger partial charge in [0, 0.05) is 6.42 Å². The summed E-state index contributed by atoms with van der Waals surface area (Å²) in [5.41, 5.74) is 1.16. The molecule has 3 rings (SSSR count). The van der Waals surface area contributed by atoms with E-state index >= 15 is 0 Å². The average Bonchev–Trinajstić information content (AvgIpc) is 2.87. The van der Waals surface area contributed by atoms with Crippen molar-refractivity contribution in [2.75, 3.05) is 27.3 Å². The summed E-state index contributed by atoms with van der Waals surface area (Å²) in [5.74, 6) is 2.65. The molecule has 1 aromatic carbocycles. The van der Waals surface area contributed by atoms with Crippen LogP contribution in [0, 0.1) is 0 Å². The van der Waals surface area contributed by atoms with Gasteiger partial charge in [0.25, 0.3) is 0 Å². The van der Waals surface area contributed by atoms with Crippen molar-refractivity contribution >= 4 is 0 Å². The minimum Gasteiger partial charge on any atom is -0.497 e. The Hall–Kier alpha value is -1.92. The van der Waals surface area contributed by atoms with Crippen LogP contribution in [0.25, 0.3) is 0 Å². The Labute approximate surface area is 149 Å². The first-order valence-corrected chi connectivity index (χ1v) is 9.09. The Balaban J connectivity index is 1.82. The van der Waals surface area contributed by atoms with Crippen LogP contribution in [-0.2, 0) is 13.0 Å². The Morgan fingerprint density at radius 3 is 2.72 bits per heavy atom. The Bertz CT molecular complexity index is 669. The molecule has 1 aliphatic heterocycles. The van der Waals surface area contributed by atoms with Gasteiger partial charge in [0.15, 0.2) is 5.82 Å². The Morgan fingerprint density at radius 2 is 2.00 bits per heavy atom. The summed E-state index contributed by atoms with van der Waals surface area (Å²) in [4.78, 5) is 7.23. The quantitative estimate of drug-likeness (QED) is 0.872. The average molecular weight is 344 g/mol. The number of hydrogen-bond acceptors (Lipinski definition) is 5. The molecule has 1 saturated heterocycles. The standard InChI is InChI=1S/C19H28N4O2/c1-22-11-5-3-4-6-17(22)19-20-18(21-23(19)12-13-24)14-15-7-9-16(25-2)10-8-15/h7-10,17,24H,3-6,11-14H2,1-2H3/t17-/m1/s1. The summed E-state index contributed by atoms with van der Waals surface area (Å²) in [6, 6.07) is 8.29. The molecule has 0 saturated carbocycles. The summed E-state index contributed by atoms with van der Waals surface area (Å²) in [6.07, 6.45) is 5.51. The van der Waals surface area contributed by atoms with E-state index in [1.165, 1.54) is 19.3 Å². The number of rotatable bonds is 6. The summed E-state index contributed by atoms with van der Waals surface area (Å²) < 4.78 is 7.10. The zero-order chi connectivity index (χ0) is 17.6. The van der Waals surface area contributed by atoms with E-state index in [4.69, 9.17) is 9.72 Å². The van der Waals surface area contributed by atoms with Crippen molar-refractivity contribution in [1.82, 2.24) is 19.7 Å². The number of aliphatic hydroxyl groups excluding tert-OH is 1. The molecule has 1 N–H and O–H groups in total. The van der Waals surface area contributed by atoms with Crippen LogP contribution < -0.4 is 4.74 Å². The molecule has 25 heavy (non-hydrogen) atoms. The maximum atomic E-state index is 9.40. The minimum absolute atomic E-state index is 0.0781. The normalized spacial score (nSPS) is 18.9. The molecular weight excluding hydrogens is 316 g/mol. The molecule has 0 amide bonds. The minimum atomic E-state index is 0.0781. The van der Waals surface area contributed by atoms with Crippen molar-refractivity contribution in [3.8, 4) is 5.75 Å². The number of aliphatic hydroxyl groups is 1. The molecule has 1 aromatic heterocycles. The van der Waals surface area contributed by atoms with Gasteiger partial charge in [-0.3, -0.25) is 4.90 Å². The predicted molar refractivity (Wildman–Crippen MR) is 96.7 cm³/mol. The van der Waals surface area contributed by atoms with Crippen LogP contribution in [-0.4, -0.2) is 52.1 Å². The molecule has 6 heteroatoms. The smallest absolute Gasteiger partial charge is 0.155 e. The fourth-order valence-electron chi connectivity index (χ4n) is 3.49. The first-order valence-electron chi connectivity index (χ1n) is 9.09. The van der Waals surface area contributed by atoms with Crippen molar-refractivity contribution in [1.29, 1.82) is 0 Å². The van der Waals surface area contributed by atoms with E-state index in [2.05, 4.69) is 17.0 Å². The number of hydrogen-bond donors (Lipinski definition) is 1. The topological polar surface area (TPSA) is 63.4 Å². The van der Waals surface area contributed by atoms with Gasteiger partial charge in [-0.15, -0.1) is 0 Å². The second-order valence-electron chi connectivity index (χ2n) is 6.70. The molecule has 1 fully saturated rings. The monoisotopic (exact) mass is 344 g/mol. The van der Waals surface area contributed by atoms with Crippen molar-refractivity contribution in [3.63, 3.8) is 0 Å². The van der Waals surface area contributed by atoms with Gasteiger partial charge in [0.05, 0.1) is 26.3 Å². The summed E-state index contributed by atoms with van der Waals surface area (Å²) in [6.45, 7) is 1.66. The fourth-order valence-corrected chi connectivity index (χ4v) is 3.49. The number of methoxy groups -OCH3 is 1. The maximum absolute atomic E-state index is 9.40. The number of aromatic nitrogens is 3. The molecule has 1 aliphatic rings. The highest BCUT2D eigenvalue weighted by Crippen LogP contribution is 2.28. The van der Waals surface area contributed by atoms with E-state index in [1.807, 2.05) is 28.9 Å². The first kappa shape index (κ1) is 17.9. The van der Waals surface area contributed by atoms with Gasteiger partial charge in [-0.25, -0.2) is 9.67 Å². The fraction of sp³-hybridized carbons (Fsp3) is 0.579. The molecule has 6 nitrogen and oxygen atoms in total. The van der Waals surface area contributed by atoms with Gasteiger partial charge in [0.2, 0.25) is 0 Å². The zero-order valence-corrected chi connectivity index (χ0v) is 15.2. The van der Waals surface area contributed by atoms with Crippen molar-refractivity contribution in [3.05, 3.63) is 41.5 Å². The summed E-state index contributed by atoms with van der Waals surface area (Å²) in [5, 5.41) is 14.1. The van der Waals surface area contributed by atoms with E-state index in [1.54, 1.807) is 7.11 Å². The van der Waals surface area contributed by atoms with Crippen LogP contribution in [0.5, 0.6) is 5.75 Å². The van der Waals surface area contributed by atoms with Crippen LogP contribution in [0.4, 0.5) is 0 Å². The first-order chi connectivity index (χ1) is 12.2. The van der Waals surface area contributed by atoms with Gasteiger partial charge < -0.3 is 9.84 Å². The molecule has 1 atom stereocenters. The van der Waals surface area contributed by atoms with Crippen molar-refractivity contribution in [2.45, 2.75) is 44.7 Å². The third-order valence-corrected chi connectivity index (χ3v) is 4.90. The van der Waals surface area contributed by atoms with Crippen LogP contribution >= 0.6 is 0 Å². The Morgan fingerprint density at radius 1 is 1.20 bits per heavy atom. The number of likely N-dealkylation sites (tertiary alicyclic amines) is 1. The Kier molecular flexibility index (Phi) is 6.04. The maximum Gasteiger partial charge on any atom is 0.155 e. The lowest BCUT2D eigenvalue weighted by atomic mass is 10.1. The highest BCUT2D eigenvalue weighted by molar-refractivity contribution is 5.28. The predicted octanol–water partition coefficient (Wildman–Crippen LogP) is 2.42. The highest BCUT2D eigenvalue weighted by Gasteiger charge is 2.25. The largest absolute Gasteiger partial charge is 0.497 e. The van der Waals surface area contributed by atoms with Crippen molar-refractivity contribution in [2.24, 2.45) is 0 Å². The van der Waals surface area contributed by atoms with Gasteiger partial charge >= 0.3 is 0 Å². The van der Waals surface area contributed by atoms with E-state index in [0.29, 0.717) is 13.0 Å². The summed E-state index contributed by atoms with van der Waals surface area (Å²) in [7, 11) is 3.83. The third-order valence-electron chi connectivity index (χ3n) is 4.90. The molecule has 0 unspecified atom stereocenters. The van der Waals surface area contributed by atoms with E-state index in [-0.39, 0.29) is 12.6 Å².